The third-order valence-electron chi connectivity index (χ3n) is 5.20. The summed E-state index contributed by atoms with van der Waals surface area (Å²) in [6.07, 6.45) is 1.75. The molecule has 0 bridgehead atoms. The van der Waals surface area contributed by atoms with Crippen LogP contribution in [0.4, 0.5) is 21.6 Å². The Balaban J connectivity index is 1.98. The fraction of sp³-hybridized carbons (Fsp3) is 0.421. The summed E-state index contributed by atoms with van der Waals surface area (Å²) in [7, 11) is -2.31. The molecule has 0 atom stereocenters. The highest BCUT2D eigenvalue weighted by Crippen LogP contribution is 2.47. The Bertz CT molecular complexity index is 1050. The number of hydrogen-bond acceptors (Lipinski definition) is 5. The first-order valence-corrected chi connectivity index (χ1v) is 10.6. The molecule has 0 saturated heterocycles. The molecule has 152 valence electrons. The maximum atomic E-state index is 14.4. The van der Waals surface area contributed by atoms with Crippen LogP contribution in [-0.4, -0.2) is 29.4 Å². The molecular formula is C19H24FN3O4S. The van der Waals surface area contributed by atoms with Crippen LogP contribution >= 0.6 is 0 Å². The van der Waals surface area contributed by atoms with Gasteiger partial charge in [0.2, 0.25) is 10.0 Å². The molecule has 1 aliphatic carbocycles. The number of anilines is 3. The van der Waals surface area contributed by atoms with E-state index in [0.717, 1.165) is 5.56 Å². The van der Waals surface area contributed by atoms with Crippen LogP contribution in [0.3, 0.4) is 0 Å². The van der Waals surface area contributed by atoms with Gasteiger partial charge in [0, 0.05) is 19.7 Å². The predicted molar refractivity (Wildman–Crippen MR) is 107 cm³/mol. The lowest BCUT2D eigenvalue weighted by Crippen LogP contribution is -2.32. The minimum Gasteiger partial charge on any atom is -0.396 e. The van der Waals surface area contributed by atoms with Crippen LogP contribution in [0.1, 0.15) is 31.7 Å². The predicted octanol–water partition coefficient (Wildman–Crippen LogP) is 2.49. The maximum absolute atomic E-state index is 14.4. The van der Waals surface area contributed by atoms with Crippen molar-refractivity contribution in [3.8, 4) is 0 Å². The molecule has 3 N–H and O–H groups in total. The number of aromatic nitrogens is 1. The van der Waals surface area contributed by atoms with Gasteiger partial charge in [-0.15, -0.1) is 0 Å². The molecule has 0 unspecified atom stereocenters. The van der Waals surface area contributed by atoms with Crippen LogP contribution in [0.5, 0.6) is 0 Å². The summed E-state index contributed by atoms with van der Waals surface area (Å²) < 4.78 is 42.8. The molecule has 9 heteroatoms. The minimum atomic E-state index is -3.79. The smallest absolute Gasteiger partial charge is 0.251 e. The third-order valence-corrected chi connectivity index (χ3v) is 7.44. The number of rotatable bonds is 8. The van der Waals surface area contributed by atoms with E-state index in [4.69, 9.17) is 0 Å². The quantitative estimate of drug-likeness (QED) is 0.622. The van der Waals surface area contributed by atoms with E-state index in [-0.39, 0.29) is 35.8 Å². The second-order valence-electron chi connectivity index (χ2n) is 7.05. The van der Waals surface area contributed by atoms with Crippen LogP contribution in [0.25, 0.3) is 0 Å². The zero-order chi connectivity index (χ0) is 20.5. The first-order chi connectivity index (χ1) is 13.2. The van der Waals surface area contributed by atoms with Gasteiger partial charge in [-0.3, -0.25) is 14.1 Å². The lowest BCUT2D eigenvalue weighted by molar-refractivity contribution is 0.283. The standard InChI is InChI=1S/C19H24FN3O4S/c1-3-13-4-5-15(14(20)12-13)21-18-16(6-7-17(25)23(18)2)22-28(26,27)19(8-9-19)10-11-24/h4-7,12,21-22,24H,3,8-11H2,1-2H3. The van der Waals surface area contributed by atoms with Crippen LogP contribution in [0.2, 0.25) is 0 Å². The van der Waals surface area contributed by atoms with Crippen LogP contribution in [0.15, 0.2) is 35.1 Å². The molecule has 0 aliphatic heterocycles. The lowest BCUT2D eigenvalue weighted by Gasteiger charge is -2.21. The van der Waals surface area contributed by atoms with E-state index in [0.29, 0.717) is 19.3 Å². The number of nitrogens with zero attached hydrogens (tertiary/aromatic N) is 1. The van der Waals surface area contributed by atoms with Crippen LogP contribution in [0, 0.1) is 5.82 Å². The van der Waals surface area contributed by atoms with Gasteiger partial charge in [0.05, 0.1) is 16.1 Å². The SMILES string of the molecule is CCc1ccc(Nc2c(NS(=O)(=O)C3(CCO)CC3)ccc(=O)n2C)c(F)c1. The summed E-state index contributed by atoms with van der Waals surface area (Å²) in [4.78, 5) is 12.1. The van der Waals surface area contributed by atoms with Crippen molar-refractivity contribution in [1.82, 2.24) is 4.57 Å². The van der Waals surface area contributed by atoms with Gasteiger partial charge in [-0.05, 0) is 49.4 Å². The number of aliphatic hydroxyl groups excluding tert-OH is 1. The van der Waals surface area contributed by atoms with Gasteiger partial charge in [0.1, 0.15) is 11.6 Å². The number of hydrogen-bond donors (Lipinski definition) is 3. The molecule has 2 aromatic rings. The first kappa shape index (κ1) is 20.3. The van der Waals surface area contributed by atoms with Gasteiger partial charge in [-0.25, -0.2) is 12.8 Å². The topological polar surface area (TPSA) is 100 Å². The number of halogens is 1. The molecule has 1 aliphatic rings. The molecule has 1 heterocycles. The van der Waals surface area contributed by atoms with E-state index in [1.54, 1.807) is 12.1 Å². The molecule has 1 aromatic carbocycles. The average molecular weight is 409 g/mol. The normalized spacial score (nSPS) is 15.3. The average Bonchev–Trinajstić information content (AvgIpc) is 3.44. The summed E-state index contributed by atoms with van der Waals surface area (Å²) >= 11 is 0. The Morgan fingerprint density at radius 2 is 1.89 bits per heavy atom. The van der Waals surface area contributed by atoms with Crippen LogP contribution < -0.4 is 15.6 Å². The fourth-order valence-electron chi connectivity index (χ4n) is 3.13. The zero-order valence-electron chi connectivity index (χ0n) is 15.8. The monoisotopic (exact) mass is 409 g/mol. The first-order valence-electron chi connectivity index (χ1n) is 9.12. The van der Waals surface area contributed by atoms with Crippen molar-refractivity contribution >= 4 is 27.2 Å². The van der Waals surface area contributed by atoms with E-state index in [2.05, 4.69) is 10.0 Å². The van der Waals surface area contributed by atoms with Crippen molar-refractivity contribution in [2.24, 2.45) is 7.05 Å². The summed E-state index contributed by atoms with van der Waals surface area (Å²) in [6, 6.07) is 7.31. The molecule has 0 spiro atoms. The number of benzene rings is 1. The van der Waals surface area contributed by atoms with E-state index >= 15 is 0 Å². The molecule has 1 saturated carbocycles. The van der Waals surface area contributed by atoms with E-state index in [9.17, 15) is 22.7 Å². The Kier molecular flexibility index (Phi) is 5.49. The number of sulfonamides is 1. The summed E-state index contributed by atoms with van der Waals surface area (Å²) in [5, 5.41) is 12.0. The van der Waals surface area contributed by atoms with Gasteiger partial charge >= 0.3 is 0 Å². The molecule has 1 fully saturated rings. The van der Waals surface area contributed by atoms with E-state index in [1.807, 2.05) is 6.92 Å². The van der Waals surface area contributed by atoms with Crippen molar-refractivity contribution in [1.29, 1.82) is 0 Å². The fourth-order valence-corrected chi connectivity index (χ4v) is 4.80. The molecule has 0 radical (unpaired) electrons. The lowest BCUT2D eigenvalue weighted by atomic mass is 10.1. The zero-order valence-corrected chi connectivity index (χ0v) is 16.6. The summed E-state index contributed by atoms with van der Waals surface area (Å²) in [5.74, 6) is -0.359. The van der Waals surface area contributed by atoms with Crippen molar-refractivity contribution in [3.63, 3.8) is 0 Å². The number of aliphatic hydroxyl groups is 1. The molecule has 1 aromatic heterocycles. The number of nitrogens with one attached hydrogen (secondary N) is 2. The van der Waals surface area contributed by atoms with E-state index < -0.39 is 20.6 Å². The van der Waals surface area contributed by atoms with Crippen molar-refractivity contribution in [2.75, 3.05) is 16.6 Å². The molecule has 0 amide bonds. The second kappa shape index (κ2) is 7.56. The largest absolute Gasteiger partial charge is 0.396 e. The highest BCUT2D eigenvalue weighted by atomic mass is 32.2. The van der Waals surface area contributed by atoms with Gasteiger partial charge in [-0.1, -0.05) is 13.0 Å². The van der Waals surface area contributed by atoms with Gasteiger partial charge in [0.15, 0.2) is 0 Å². The number of aryl methyl sites for hydroxylation is 1. The molecule has 3 rings (SSSR count). The van der Waals surface area contributed by atoms with E-state index in [1.165, 1.54) is 29.8 Å². The number of pyridine rings is 1. The summed E-state index contributed by atoms with van der Waals surface area (Å²) in [5.41, 5.74) is 0.735. The highest BCUT2D eigenvalue weighted by molar-refractivity contribution is 7.94. The third kappa shape index (κ3) is 3.77. The second-order valence-corrected chi connectivity index (χ2v) is 9.12. The van der Waals surface area contributed by atoms with Crippen LogP contribution in [-0.2, 0) is 23.5 Å². The van der Waals surface area contributed by atoms with Crippen molar-refractivity contribution < 1.29 is 17.9 Å². The molecule has 7 nitrogen and oxygen atoms in total. The van der Waals surface area contributed by atoms with Gasteiger partial charge in [-0.2, -0.15) is 0 Å². The Morgan fingerprint density at radius 3 is 2.46 bits per heavy atom. The highest BCUT2D eigenvalue weighted by Gasteiger charge is 2.54. The Hall–Kier alpha value is -2.39. The Labute approximate surface area is 163 Å². The summed E-state index contributed by atoms with van der Waals surface area (Å²) in [6.45, 7) is 1.68. The Morgan fingerprint density at radius 1 is 1.21 bits per heavy atom. The van der Waals surface area contributed by atoms with Crippen molar-refractivity contribution in [3.05, 3.63) is 52.1 Å². The minimum absolute atomic E-state index is 0.135. The van der Waals surface area contributed by atoms with Gasteiger partial charge < -0.3 is 10.4 Å². The van der Waals surface area contributed by atoms with Gasteiger partial charge in [0.25, 0.3) is 5.56 Å². The maximum Gasteiger partial charge on any atom is 0.251 e. The van der Waals surface area contributed by atoms with Crippen molar-refractivity contribution in [2.45, 2.75) is 37.4 Å². The molecule has 28 heavy (non-hydrogen) atoms. The molecular weight excluding hydrogens is 385 g/mol.